The summed E-state index contributed by atoms with van der Waals surface area (Å²) in [4.78, 5) is 0. The van der Waals surface area contributed by atoms with Gasteiger partial charge in [0.05, 0.1) is 25.4 Å². The minimum atomic E-state index is -1.18. The summed E-state index contributed by atoms with van der Waals surface area (Å²) in [5.74, 6) is 0. The maximum atomic E-state index is 12.0. The lowest BCUT2D eigenvalue weighted by Gasteiger charge is -2.43. The van der Waals surface area contributed by atoms with Gasteiger partial charge in [-0.25, -0.2) is 9.34 Å². The molecule has 2 heterocycles. The van der Waals surface area contributed by atoms with Crippen molar-refractivity contribution in [3.8, 4) is 0 Å². The molecule has 0 radical (unpaired) electrons. The minimum absolute atomic E-state index is 0.0102. The highest BCUT2D eigenvalue weighted by Gasteiger charge is 2.56. The van der Waals surface area contributed by atoms with Crippen LogP contribution in [0.15, 0.2) is 109 Å². The Kier molecular flexibility index (Phi) is 8.90. The van der Waals surface area contributed by atoms with Crippen molar-refractivity contribution < 1.29 is 19.8 Å². The van der Waals surface area contributed by atoms with Crippen LogP contribution in [0.25, 0.3) is 0 Å². The number of fused-ring (bicyclic) bond motifs is 2. The molecule has 212 valence electrons. The van der Waals surface area contributed by atoms with Gasteiger partial charge in [0.2, 0.25) is 0 Å². The fourth-order valence-electron chi connectivity index (χ4n) is 5.94. The Hall–Kier alpha value is -2.93. The molecule has 41 heavy (non-hydrogen) atoms. The highest BCUT2D eigenvalue weighted by Crippen LogP contribution is 2.61. The quantitative estimate of drug-likeness (QED) is 0.229. The number of aliphatic hydroxyl groups is 3. The summed E-state index contributed by atoms with van der Waals surface area (Å²) >= 11 is 0. The normalized spacial score (nSPS) is 24.5. The molecule has 3 N–H and O–H groups in total. The van der Waals surface area contributed by atoms with E-state index in [4.69, 9.17) is 4.52 Å². The van der Waals surface area contributed by atoms with Crippen LogP contribution in [0.5, 0.6) is 0 Å². The number of hydrogen-bond donors (Lipinski definition) is 3. The molecule has 0 spiro atoms. The van der Waals surface area contributed by atoms with E-state index in [0.29, 0.717) is 13.1 Å². The molecule has 6 nitrogen and oxygen atoms in total. The van der Waals surface area contributed by atoms with Crippen molar-refractivity contribution in [3.05, 3.63) is 143 Å². The molecule has 2 aliphatic heterocycles. The largest absolute Gasteiger partial charge is 0.392 e. The molecule has 6 rings (SSSR count). The molecular weight excluding hydrogens is 531 g/mol. The standard InChI is InChI=1S/C34H37N2O4P/c37-23-29-15-11-27(12-16-29)21-35-31(19-25-7-3-1-4-8-25)33(39)34-32(20-26-9-5-2-6-10-26)36(41(35)40-34)22-28-13-17-30(24-38)18-14-28/h1-18,31-34,37-39H,19-24H2. The second-order valence-electron chi connectivity index (χ2n) is 11.0. The molecule has 0 saturated carbocycles. The van der Waals surface area contributed by atoms with E-state index in [2.05, 4.69) is 82.1 Å². The van der Waals surface area contributed by atoms with Gasteiger partial charge >= 0.3 is 0 Å². The zero-order chi connectivity index (χ0) is 28.2. The Balaban J connectivity index is 1.37. The SMILES string of the molecule is OCc1ccc(CN2C(Cc3ccccc3)C(O)C3OP2N(Cc2ccc(CO)cc2)C3Cc2ccccc2)cc1. The summed E-state index contributed by atoms with van der Waals surface area (Å²) in [5, 5.41) is 31.1. The molecule has 7 heteroatoms. The zero-order valence-electron chi connectivity index (χ0n) is 23.0. The van der Waals surface area contributed by atoms with Gasteiger partial charge in [-0.05, 0) is 46.2 Å². The molecular formula is C34H37N2O4P. The van der Waals surface area contributed by atoms with Crippen LogP contribution in [0.3, 0.4) is 0 Å². The topological polar surface area (TPSA) is 76.4 Å². The van der Waals surface area contributed by atoms with Crippen LogP contribution in [0.2, 0.25) is 0 Å². The molecule has 0 aromatic heterocycles. The van der Waals surface area contributed by atoms with Gasteiger partial charge < -0.3 is 19.8 Å². The highest BCUT2D eigenvalue weighted by molar-refractivity contribution is 7.47. The van der Waals surface area contributed by atoms with E-state index in [1.807, 2.05) is 36.4 Å². The van der Waals surface area contributed by atoms with Gasteiger partial charge in [-0.15, -0.1) is 0 Å². The van der Waals surface area contributed by atoms with Crippen molar-refractivity contribution in [1.29, 1.82) is 0 Å². The van der Waals surface area contributed by atoms with Crippen LogP contribution in [0.4, 0.5) is 0 Å². The van der Waals surface area contributed by atoms with E-state index >= 15 is 0 Å². The number of hydrogen-bond acceptors (Lipinski definition) is 6. The van der Waals surface area contributed by atoms with E-state index in [9.17, 15) is 15.3 Å². The average molecular weight is 569 g/mol. The van der Waals surface area contributed by atoms with Gasteiger partial charge in [0.25, 0.3) is 0 Å². The summed E-state index contributed by atoms with van der Waals surface area (Å²) in [6.45, 7) is 1.36. The summed E-state index contributed by atoms with van der Waals surface area (Å²) < 4.78 is 11.7. The third kappa shape index (κ3) is 6.30. The van der Waals surface area contributed by atoms with Crippen LogP contribution in [0.1, 0.15) is 33.4 Å². The third-order valence-electron chi connectivity index (χ3n) is 8.21. The lowest BCUT2D eigenvalue weighted by atomic mass is 9.91. The van der Waals surface area contributed by atoms with Gasteiger partial charge in [-0.1, -0.05) is 109 Å². The molecule has 0 amide bonds. The Labute approximate surface area is 243 Å². The molecule has 2 aliphatic rings. The van der Waals surface area contributed by atoms with E-state index in [1.54, 1.807) is 0 Å². The lowest BCUT2D eigenvalue weighted by Crippen LogP contribution is -2.52. The van der Waals surface area contributed by atoms with Gasteiger partial charge in [0, 0.05) is 19.1 Å². The van der Waals surface area contributed by atoms with E-state index in [1.165, 1.54) is 11.1 Å². The summed E-state index contributed by atoms with van der Waals surface area (Å²) in [7, 11) is -1.18. The molecule has 4 aromatic rings. The first-order valence-electron chi connectivity index (χ1n) is 14.3. The van der Waals surface area contributed by atoms with Crippen molar-refractivity contribution in [2.45, 2.75) is 63.4 Å². The Morgan fingerprint density at radius 1 is 0.537 bits per heavy atom. The zero-order valence-corrected chi connectivity index (χ0v) is 23.9. The maximum Gasteiger partial charge on any atom is 0.189 e. The van der Waals surface area contributed by atoms with Crippen molar-refractivity contribution in [2.24, 2.45) is 0 Å². The van der Waals surface area contributed by atoms with Crippen LogP contribution in [-0.4, -0.2) is 49.0 Å². The fourth-order valence-corrected chi connectivity index (χ4v) is 8.47. The predicted molar refractivity (Wildman–Crippen MR) is 161 cm³/mol. The van der Waals surface area contributed by atoms with Crippen LogP contribution >= 0.6 is 8.45 Å². The number of nitrogens with zero attached hydrogens (tertiary/aromatic N) is 2. The molecule has 2 fully saturated rings. The maximum absolute atomic E-state index is 12.0. The first-order chi connectivity index (χ1) is 20.1. The van der Waals surface area contributed by atoms with Gasteiger partial charge in [-0.2, -0.15) is 0 Å². The smallest absolute Gasteiger partial charge is 0.189 e. The lowest BCUT2D eigenvalue weighted by molar-refractivity contribution is -0.0314. The Morgan fingerprint density at radius 2 is 0.951 bits per heavy atom. The molecule has 5 unspecified atom stereocenters. The Bertz CT molecular complexity index is 1350. The summed E-state index contributed by atoms with van der Waals surface area (Å²) in [5.41, 5.74) is 6.47. The summed E-state index contributed by atoms with van der Waals surface area (Å²) in [6.07, 6.45) is 0.542. The second kappa shape index (κ2) is 12.9. The number of benzene rings is 4. The van der Waals surface area contributed by atoms with Crippen molar-refractivity contribution in [3.63, 3.8) is 0 Å². The molecule has 2 saturated heterocycles. The molecule has 4 aromatic carbocycles. The van der Waals surface area contributed by atoms with Crippen LogP contribution in [-0.2, 0) is 43.7 Å². The molecule has 0 aliphatic carbocycles. The number of rotatable bonds is 10. The number of aliphatic hydroxyl groups excluding tert-OH is 3. The minimum Gasteiger partial charge on any atom is -0.392 e. The van der Waals surface area contributed by atoms with Crippen LogP contribution in [0, 0.1) is 0 Å². The highest BCUT2D eigenvalue weighted by atomic mass is 31.2. The Morgan fingerprint density at radius 3 is 1.41 bits per heavy atom. The molecule has 5 atom stereocenters. The summed E-state index contributed by atoms with van der Waals surface area (Å²) in [6, 6.07) is 36.9. The predicted octanol–water partition coefficient (Wildman–Crippen LogP) is 5.20. The first-order valence-corrected chi connectivity index (χ1v) is 15.4. The van der Waals surface area contributed by atoms with E-state index < -0.39 is 14.6 Å². The monoisotopic (exact) mass is 568 g/mol. The van der Waals surface area contributed by atoms with E-state index in [0.717, 1.165) is 35.1 Å². The van der Waals surface area contributed by atoms with Gasteiger partial charge in [-0.3, -0.25) is 0 Å². The second-order valence-corrected chi connectivity index (χ2v) is 12.7. The van der Waals surface area contributed by atoms with Gasteiger partial charge in [0.15, 0.2) is 8.45 Å². The van der Waals surface area contributed by atoms with Crippen molar-refractivity contribution >= 4 is 8.45 Å². The molecule has 2 bridgehead atoms. The third-order valence-corrected chi connectivity index (χ3v) is 10.4. The van der Waals surface area contributed by atoms with E-state index in [-0.39, 0.29) is 31.4 Å². The fraction of sp³-hybridized carbons (Fsp3) is 0.294. The van der Waals surface area contributed by atoms with Crippen LogP contribution < -0.4 is 0 Å². The van der Waals surface area contributed by atoms with Crippen molar-refractivity contribution in [1.82, 2.24) is 9.34 Å². The van der Waals surface area contributed by atoms with Crippen molar-refractivity contribution in [2.75, 3.05) is 0 Å². The first kappa shape index (κ1) is 28.2. The average Bonchev–Trinajstić information content (AvgIpc) is 3.33. The van der Waals surface area contributed by atoms with Gasteiger partial charge in [0.1, 0.15) is 6.10 Å².